The summed E-state index contributed by atoms with van der Waals surface area (Å²) in [5.74, 6) is -1.21. The van der Waals surface area contributed by atoms with E-state index in [9.17, 15) is 9.59 Å². The van der Waals surface area contributed by atoms with E-state index in [4.69, 9.17) is 20.3 Å². The van der Waals surface area contributed by atoms with Crippen molar-refractivity contribution in [3.05, 3.63) is 23.9 Å². The van der Waals surface area contributed by atoms with Crippen molar-refractivity contribution in [2.45, 2.75) is 20.0 Å². The summed E-state index contributed by atoms with van der Waals surface area (Å²) < 4.78 is 10.8. The quantitative estimate of drug-likeness (QED) is 0.686. The van der Waals surface area contributed by atoms with Crippen molar-refractivity contribution in [1.29, 1.82) is 0 Å². The van der Waals surface area contributed by atoms with Gasteiger partial charge < -0.3 is 20.3 Å². The van der Waals surface area contributed by atoms with Gasteiger partial charge in [0.25, 0.3) is 5.91 Å². The van der Waals surface area contributed by atoms with Crippen molar-refractivity contribution >= 4 is 11.9 Å². The fourth-order valence-electron chi connectivity index (χ4n) is 1.87. The Bertz CT molecular complexity index is 728. The van der Waals surface area contributed by atoms with Crippen LogP contribution < -0.4 is 15.2 Å². The van der Waals surface area contributed by atoms with Gasteiger partial charge in [0.1, 0.15) is 5.69 Å². The molecule has 0 spiro atoms. The fourth-order valence-corrected chi connectivity index (χ4v) is 1.87. The third-order valence-electron chi connectivity index (χ3n) is 2.95. The molecular weight excluding hydrogens is 304 g/mol. The van der Waals surface area contributed by atoms with Gasteiger partial charge >= 0.3 is 5.97 Å². The number of amides is 1. The second-order valence-electron chi connectivity index (χ2n) is 4.58. The second-order valence-corrected chi connectivity index (χ2v) is 4.58. The van der Waals surface area contributed by atoms with E-state index in [0.717, 1.165) is 0 Å². The molecule has 0 bridgehead atoms. The van der Waals surface area contributed by atoms with Crippen LogP contribution in [-0.4, -0.2) is 45.1 Å². The minimum absolute atomic E-state index is 0.0000193. The lowest BCUT2D eigenvalue weighted by atomic mass is 10.1. The smallest absolute Gasteiger partial charge is 0.344 e. The summed E-state index contributed by atoms with van der Waals surface area (Å²) >= 11 is 0. The largest absolute Gasteiger partial charge is 0.490 e. The lowest BCUT2D eigenvalue weighted by Gasteiger charge is -2.15. The first-order valence-electron chi connectivity index (χ1n) is 6.81. The maximum atomic E-state index is 11.3. The summed E-state index contributed by atoms with van der Waals surface area (Å²) in [6, 6.07) is 4.73. The third kappa shape index (κ3) is 3.57. The van der Waals surface area contributed by atoms with Crippen LogP contribution in [-0.2, 0) is 4.79 Å². The number of nitrogens with one attached hydrogen (secondary N) is 1. The Morgan fingerprint density at radius 3 is 2.70 bits per heavy atom. The van der Waals surface area contributed by atoms with Crippen molar-refractivity contribution in [2.24, 2.45) is 5.73 Å². The number of aromatic nitrogens is 3. The number of nitrogens with two attached hydrogens (primary N) is 1. The van der Waals surface area contributed by atoms with Gasteiger partial charge in [-0.15, -0.1) is 0 Å². The number of ether oxygens (including phenoxy) is 2. The maximum Gasteiger partial charge on any atom is 0.344 e. The van der Waals surface area contributed by atoms with Crippen LogP contribution in [0.1, 0.15) is 24.3 Å². The van der Waals surface area contributed by atoms with Gasteiger partial charge in [-0.1, -0.05) is 0 Å². The third-order valence-corrected chi connectivity index (χ3v) is 2.95. The van der Waals surface area contributed by atoms with Gasteiger partial charge in [-0.05, 0) is 32.0 Å². The molecule has 9 nitrogen and oxygen atoms in total. The highest BCUT2D eigenvalue weighted by atomic mass is 16.5. The van der Waals surface area contributed by atoms with E-state index in [1.165, 1.54) is 6.92 Å². The number of hydrogen-bond donors (Lipinski definition) is 3. The van der Waals surface area contributed by atoms with Crippen LogP contribution in [0.4, 0.5) is 0 Å². The molecular formula is C14H16N4O5. The topological polar surface area (TPSA) is 140 Å². The second kappa shape index (κ2) is 6.77. The fraction of sp³-hybridized carbons (Fsp3) is 0.286. The van der Waals surface area contributed by atoms with E-state index >= 15 is 0 Å². The number of hydrogen-bond acceptors (Lipinski definition) is 6. The summed E-state index contributed by atoms with van der Waals surface area (Å²) in [6.07, 6.45) is -1.03. The Balaban J connectivity index is 2.41. The predicted octanol–water partition coefficient (Wildman–Crippen LogP) is 0.821. The number of aliphatic carboxylic acids is 1. The average molecular weight is 320 g/mol. The first-order valence-corrected chi connectivity index (χ1v) is 6.81. The standard InChI is InChI=1S/C14H16N4O5/c1-3-22-10-6-8(11-12(13(15)19)17-18-16-11)4-5-9(10)23-7(2)14(20)21/h4-7H,3H2,1-2H3,(H2,15,19)(H,20,21)(H,16,17,18). The van der Waals surface area contributed by atoms with E-state index in [2.05, 4.69) is 15.4 Å². The van der Waals surface area contributed by atoms with Crippen molar-refractivity contribution in [2.75, 3.05) is 6.61 Å². The molecule has 4 N–H and O–H groups in total. The van der Waals surface area contributed by atoms with Crippen LogP contribution in [0.2, 0.25) is 0 Å². The molecule has 0 aliphatic carbocycles. The molecule has 0 radical (unpaired) electrons. The number of benzene rings is 1. The minimum atomic E-state index is -1.09. The van der Waals surface area contributed by atoms with E-state index in [0.29, 0.717) is 17.9 Å². The van der Waals surface area contributed by atoms with Crippen LogP contribution >= 0.6 is 0 Å². The predicted molar refractivity (Wildman–Crippen MR) is 79.2 cm³/mol. The van der Waals surface area contributed by atoms with Gasteiger partial charge in [-0.25, -0.2) is 4.79 Å². The van der Waals surface area contributed by atoms with Crippen LogP contribution in [0, 0.1) is 0 Å². The Labute approximate surface area is 131 Å². The van der Waals surface area contributed by atoms with Gasteiger partial charge in [0.15, 0.2) is 23.3 Å². The molecule has 0 fully saturated rings. The summed E-state index contributed by atoms with van der Waals surface area (Å²) in [4.78, 5) is 22.2. The minimum Gasteiger partial charge on any atom is -0.490 e. The van der Waals surface area contributed by atoms with Gasteiger partial charge in [0.2, 0.25) is 0 Å². The number of carboxylic acid groups (broad SMARTS) is 1. The van der Waals surface area contributed by atoms with Crippen LogP contribution in [0.15, 0.2) is 18.2 Å². The number of carbonyl (C=O) groups is 2. The molecule has 9 heteroatoms. The van der Waals surface area contributed by atoms with E-state index in [1.807, 2.05) is 0 Å². The molecule has 2 aromatic rings. The van der Waals surface area contributed by atoms with Gasteiger partial charge in [-0.2, -0.15) is 15.4 Å². The van der Waals surface area contributed by atoms with E-state index < -0.39 is 18.0 Å². The molecule has 0 aliphatic rings. The van der Waals surface area contributed by atoms with Gasteiger partial charge in [0, 0.05) is 5.56 Å². The maximum absolute atomic E-state index is 11.3. The molecule has 1 aromatic heterocycles. The molecule has 1 amide bonds. The van der Waals surface area contributed by atoms with Gasteiger partial charge in [0.05, 0.1) is 6.61 Å². The molecule has 1 heterocycles. The number of carboxylic acids is 1. The zero-order valence-corrected chi connectivity index (χ0v) is 12.6. The van der Waals surface area contributed by atoms with E-state index in [-0.39, 0.29) is 17.1 Å². The highest BCUT2D eigenvalue weighted by Crippen LogP contribution is 2.33. The lowest BCUT2D eigenvalue weighted by molar-refractivity contribution is -0.144. The highest BCUT2D eigenvalue weighted by Gasteiger charge is 2.19. The molecule has 1 unspecified atom stereocenters. The molecule has 2 rings (SSSR count). The SMILES string of the molecule is CCOc1cc(-c2n[nH]nc2C(N)=O)ccc1OC(C)C(=O)O. The Morgan fingerprint density at radius 2 is 2.09 bits per heavy atom. The Hall–Kier alpha value is -3.10. The zero-order valence-electron chi connectivity index (χ0n) is 12.6. The molecule has 0 aliphatic heterocycles. The Kier molecular flexibility index (Phi) is 4.79. The number of primary amides is 1. The molecule has 0 saturated carbocycles. The number of aromatic amines is 1. The van der Waals surface area contributed by atoms with Crippen LogP contribution in [0.5, 0.6) is 11.5 Å². The monoisotopic (exact) mass is 320 g/mol. The molecule has 1 atom stereocenters. The average Bonchev–Trinajstić information content (AvgIpc) is 2.98. The highest BCUT2D eigenvalue weighted by molar-refractivity contribution is 5.96. The van der Waals surface area contributed by atoms with Crippen LogP contribution in [0.25, 0.3) is 11.3 Å². The van der Waals surface area contributed by atoms with Crippen molar-refractivity contribution in [3.63, 3.8) is 0 Å². The van der Waals surface area contributed by atoms with Crippen molar-refractivity contribution in [1.82, 2.24) is 15.4 Å². The molecule has 122 valence electrons. The van der Waals surface area contributed by atoms with Gasteiger partial charge in [-0.3, -0.25) is 4.79 Å². The zero-order chi connectivity index (χ0) is 17.0. The molecule has 0 saturated heterocycles. The van der Waals surface area contributed by atoms with E-state index in [1.54, 1.807) is 25.1 Å². The normalized spacial score (nSPS) is 11.7. The summed E-state index contributed by atoms with van der Waals surface area (Å²) in [6.45, 7) is 3.54. The van der Waals surface area contributed by atoms with Crippen molar-refractivity contribution < 1.29 is 24.2 Å². The van der Waals surface area contributed by atoms with Crippen LogP contribution in [0.3, 0.4) is 0 Å². The number of rotatable bonds is 7. The lowest BCUT2D eigenvalue weighted by Crippen LogP contribution is -2.23. The summed E-state index contributed by atoms with van der Waals surface area (Å²) in [5, 5.41) is 18.9. The van der Waals surface area contributed by atoms with Crippen molar-refractivity contribution in [3.8, 4) is 22.8 Å². The Morgan fingerprint density at radius 1 is 1.35 bits per heavy atom. The summed E-state index contributed by atoms with van der Waals surface area (Å²) in [5.41, 5.74) is 6.05. The number of H-pyrrole nitrogens is 1. The number of carbonyl (C=O) groups excluding carboxylic acids is 1. The molecule has 23 heavy (non-hydrogen) atoms. The summed E-state index contributed by atoms with van der Waals surface area (Å²) in [7, 11) is 0. The first kappa shape index (κ1) is 16.3. The number of nitrogens with zero attached hydrogens (tertiary/aromatic N) is 2. The molecule has 1 aromatic carbocycles. The first-order chi connectivity index (χ1) is 10.9.